The summed E-state index contributed by atoms with van der Waals surface area (Å²) in [7, 11) is 1.73. The molecule has 0 saturated carbocycles. The third-order valence-electron chi connectivity index (χ3n) is 1.74. The van der Waals surface area contributed by atoms with E-state index in [9.17, 15) is 4.79 Å². The Balaban J connectivity index is 2.89. The van der Waals surface area contributed by atoms with Crippen molar-refractivity contribution in [2.75, 3.05) is 13.6 Å². The van der Waals surface area contributed by atoms with Crippen LogP contribution in [-0.4, -0.2) is 29.4 Å². The number of likely N-dealkylation sites (N-methyl/N-ethyl adjacent to an activating group) is 1. The molecular formula is C10H11BrN2O. The highest BCUT2D eigenvalue weighted by molar-refractivity contribution is 9.10. The molecule has 3 nitrogen and oxygen atoms in total. The number of amides is 1. The number of nitrogens with zero attached hydrogens (tertiary/aromatic N) is 2. The van der Waals surface area contributed by atoms with Crippen LogP contribution < -0.4 is 0 Å². The highest BCUT2D eigenvalue weighted by Crippen LogP contribution is 2.14. The molecular weight excluding hydrogens is 244 g/mol. The first kappa shape index (κ1) is 10.9. The molecule has 0 atom stereocenters. The molecule has 0 aliphatic heterocycles. The van der Waals surface area contributed by atoms with E-state index < -0.39 is 0 Å². The summed E-state index contributed by atoms with van der Waals surface area (Å²) in [5, 5.41) is 0. The molecule has 1 amide bonds. The molecule has 0 fully saturated rings. The SMILES string of the molecule is C=CCN(C)C(=O)c1cccnc1Br. The number of carbonyl (C=O) groups excluding carboxylic acids is 1. The molecule has 0 aromatic carbocycles. The van der Waals surface area contributed by atoms with E-state index in [-0.39, 0.29) is 5.91 Å². The van der Waals surface area contributed by atoms with Crippen LogP contribution in [0.25, 0.3) is 0 Å². The van der Waals surface area contributed by atoms with E-state index in [1.807, 2.05) is 0 Å². The topological polar surface area (TPSA) is 33.2 Å². The lowest BCUT2D eigenvalue weighted by atomic mass is 10.2. The average Bonchev–Trinajstić information content (AvgIpc) is 2.18. The Hall–Kier alpha value is -1.16. The predicted molar refractivity (Wildman–Crippen MR) is 59.1 cm³/mol. The van der Waals surface area contributed by atoms with Gasteiger partial charge in [0.15, 0.2) is 0 Å². The summed E-state index contributed by atoms with van der Waals surface area (Å²) in [5.74, 6) is -0.0649. The lowest BCUT2D eigenvalue weighted by Crippen LogP contribution is -2.27. The van der Waals surface area contributed by atoms with Crippen molar-refractivity contribution in [3.8, 4) is 0 Å². The molecule has 0 bridgehead atoms. The highest BCUT2D eigenvalue weighted by atomic mass is 79.9. The third-order valence-corrected chi connectivity index (χ3v) is 2.37. The largest absolute Gasteiger partial charge is 0.338 e. The van der Waals surface area contributed by atoms with Crippen LogP contribution in [-0.2, 0) is 0 Å². The lowest BCUT2D eigenvalue weighted by molar-refractivity contribution is 0.0809. The summed E-state index contributed by atoms with van der Waals surface area (Å²) in [6.07, 6.45) is 3.32. The fourth-order valence-corrected chi connectivity index (χ4v) is 1.45. The van der Waals surface area contributed by atoms with Crippen LogP contribution in [0, 0.1) is 0 Å². The molecule has 4 heteroatoms. The number of pyridine rings is 1. The quantitative estimate of drug-likeness (QED) is 0.612. The molecule has 1 aromatic heterocycles. The smallest absolute Gasteiger partial charge is 0.256 e. The Morgan fingerprint density at radius 3 is 3.07 bits per heavy atom. The highest BCUT2D eigenvalue weighted by Gasteiger charge is 2.13. The number of rotatable bonds is 3. The van der Waals surface area contributed by atoms with Gasteiger partial charge < -0.3 is 4.90 Å². The maximum Gasteiger partial charge on any atom is 0.256 e. The molecule has 0 aliphatic carbocycles. The van der Waals surface area contributed by atoms with Crippen molar-refractivity contribution in [2.45, 2.75) is 0 Å². The van der Waals surface area contributed by atoms with Gasteiger partial charge in [-0.1, -0.05) is 6.08 Å². The van der Waals surface area contributed by atoms with Gasteiger partial charge in [0.2, 0.25) is 0 Å². The summed E-state index contributed by atoms with van der Waals surface area (Å²) in [6.45, 7) is 4.11. The molecule has 0 saturated heterocycles. The van der Waals surface area contributed by atoms with Gasteiger partial charge in [-0.3, -0.25) is 4.79 Å². The zero-order valence-corrected chi connectivity index (χ0v) is 9.49. The summed E-state index contributed by atoms with van der Waals surface area (Å²) < 4.78 is 0.570. The molecule has 74 valence electrons. The number of hydrogen-bond acceptors (Lipinski definition) is 2. The van der Waals surface area contributed by atoms with E-state index in [2.05, 4.69) is 27.5 Å². The minimum atomic E-state index is -0.0649. The second kappa shape index (κ2) is 4.91. The van der Waals surface area contributed by atoms with Gasteiger partial charge in [0.25, 0.3) is 5.91 Å². The Morgan fingerprint density at radius 2 is 2.50 bits per heavy atom. The van der Waals surface area contributed by atoms with E-state index >= 15 is 0 Å². The van der Waals surface area contributed by atoms with Crippen LogP contribution in [0.4, 0.5) is 0 Å². The zero-order chi connectivity index (χ0) is 10.6. The fourth-order valence-electron chi connectivity index (χ4n) is 1.03. The summed E-state index contributed by atoms with van der Waals surface area (Å²) >= 11 is 3.23. The van der Waals surface area contributed by atoms with Crippen molar-refractivity contribution >= 4 is 21.8 Å². The monoisotopic (exact) mass is 254 g/mol. The van der Waals surface area contributed by atoms with Crippen molar-refractivity contribution in [1.29, 1.82) is 0 Å². The van der Waals surface area contributed by atoms with Gasteiger partial charge in [-0.15, -0.1) is 6.58 Å². The first-order valence-corrected chi connectivity index (χ1v) is 4.93. The number of carbonyl (C=O) groups is 1. The summed E-state index contributed by atoms with van der Waals surface area (Å²) in [6, 6.07) is 3.47. The standard InChI is InChI=1S/C10H11BrN2O/c1-3-7-13(2)10(14)8-5-4-6-12-9(8)11/h3-6H,1,7H2,2H3. The Morgan fingerprint density at radius 1 is 1.79 bits per heavy atom. The maximum absolute atomic E-state index is 11.8. The lowest BCUT2D eigenvalue weighted by Gasteiger charge is -2.14. The predicted octanol–water partition coefficient (Wildman–Crippen LogP) is 2.10. The van der Waals surface area contributed by atoms with Crippen LogP contribution in [0.15, 0.2) is 35.6 Å². The maximum atomic E-state index is 11.8. The Bertz CT molecular complexity index is 352. The molecule has 0 N–H and O–H groups in total. The summed E-state index contributed by atoms with van der Waals surface area (Å²) in [5.41, 5.74) is 0.567. The van der Waals surface area contributed by atoms with Crippen molar-refractivity contribution in [1.82, 2.24) is 9.88 Å². The van der Waals surface area contributed by atoms with Gasteiger partial charge in [-0.25, -0.2) is 4.98 Å². The average molecular weight is 255 g/mol. The second-order valence-electron chi connectivity index (χ2n) is 2.82. The van der Waals surface area contributed by atoms with Crippen molar-refractivity contribution < 1.29 is 4.79 Å². The van der Waals surface area contributed by atoms with Gasteiger partial charge >= 0.3 is 0 Å². The molecule has 0 aliphatic rings. The van der Waals surface area contributed by atoms with Gasteiger partial charge in [0.1, 0.15) is 4.60 Å². The zero-order valence-electron chi connectivity index (χ0n) is 7.90. The minimum absolute atomic E-state index is 0.0649. The van der Waals surface area contributed by atoms with E-state index in [1.165, 1.54) is 0 Å². The van der Waals surface area contributed by atoms with E-state index in [0.717, 1.165) is 0 Å². The Labute approximate surface area is 91.6 Å². The summed E-state index contributed by atoms with van der Waals surface area (Å²) in [4.78, 5) is 17.3. The van der Waals surface area contributed by atoms with Crippen LogP contribution in [0.2, 0.25) is 0 Å². The molecule has 1 aromatic rings. The normalized spacial score (nSPS) is 9.57. The van der Waals surface area contributed by atoms with Crippen LogP contribution in [0.3, 0.4) is 0 Å². The van der Waals surface area contributed by atoms with Crippen molar-refractivity contribution in [3.63, 3.8) is 0 Å². The minimum Gasteiger partial charge on any atom is -0.338 e. The number of halogens is 1. The second-order valence-corrected chi connectivity index (χ2v) is 3.57. The van der Waals surface area contributed by atoms with Crippen LogP contribution in [0.1, 0.15) is 10.4 Å². The van der Waals surface area contributed by atoms with E-state index in [4.69, 9.17) is 0 Å². The van der Waals surface area contributed by atoms with Gasteiger partial charge in [0, 0.05) is 19.8 Å². The van der Waals surface area contributed by atoms with Crippen molar-refractivity contribution in [3.05, 3.63) is 41.2 Å². The molecule has 1 heterocycles. The van der Waals surface area contributed by atoms with Crippen LogP contribution in [0.5, 0.6) is 0 Å². The van der Waals surface area contributed by atoms with E-state index in [1.54, 1.807) is 36.4 Å². The van der Waals surface area contributed by atoms with Gasteiger partial charge in [0.05, 0.1) is 5.56 Å². The molecule has 0 radical (unpaired) electrons. The molecule has 14 heavy (non-hydrogen) atoms. The fraction of sp³-hybridized carbons (Fsp3) is 0.200. The van der Waals surface area contributed by atoms with Crippen molar-refractivity contribution in [2.24, 2.45) is 0 Å². The Kier molecular flexibility index (Phi) is 3.83. The molecule has 1 rings (SSSR count). The van der Waals surface area contributed by atoms with Crippen LogP contribution >= 0.6 is 15.9 Å². The van der Waals surface area contributed by atoms with E-state index in [0.29, 0.717) is 16.7 Å². The number of hydrogen-bond donors (Lipinski definition) is 0. The van der Waals surface area contributed by atoms with Gasteiger partial charge in [-0.2, -0.15) is 0 Å². The number of aromatic nitrogens is 1. The third kappa shape index (κ3) is 2.42. The first-order chi connectivity index (χ1) is 6.66. The molecule has 0 unspecified atom stereocenters. The molecule has 0 spiro atoms. The van der Waals surface area contributed by atoms with Gasteiger partial charge in [-0.05, 0) is 28.1 Å². The first-order valence-electron chi connectivity index (χ1n) is 4.13.